The number of hydrogen-bond acceptors (Lipinski definition) is 4. The van der Waals surface area contributed by atoms with Gasteiger partial charge in [0, 0.05) is 25.2 Å². The van der Waals surface area contributed by atoms with Crippen molar-refractivity contribution in [3.8, 4) is 0 Å². The van der Waals surface area contributed by atoms with Crippen LogP contribution in [0.25, 0.3) is 0 Å². The number of aliphatic carboxylic acids is 2. The van der Waals surface area contributed by atoms with Crippen LogP contribution >= 0.6 is 0 Å². The molecule has 1 saturated carbocycles. The molecule has 1 aliphatic carbocycles. The third-order valence-corrected chi connectivity index (χ3v) is 4.47. The average Bonchev–Trinajstić information content (AvgIpc) is 3.09. The Bertz CT molecular complexity index is 657. The first-order valence-electron chi connectivity index (χ1n) is 8.37. The predicted molar refractivity (Wildman–Crippen MR) is 88.7 cm³/mol. The van der Waals surface area contributed by atoms with Gasteiger partial charge in [0.25, 0.3) is 0 Å². The summed E-state index contributed by atoms with van der Waals surface area (Å²) < 4.78 is 63.5. The van der Waals surface area contributed by atoms with Gasteiger partial charge in [-0.1, -0.05) is 30.3 Å². The molecular formula is C17H20F6N2O4. The Kier molecular flexibility index (Phi) is 8.45. The van der Waals surface area contributed by atoms with Crippen molar-refractivity contribution < 1.29 is 46.1 Å². The summed E-state index contributed by atoms with van der Waals surface area (Å²) in [5.41, 5.74) is 7.60. The minimum atomic E-state index is -5.08. The summed E-state index contributed by atoms with van der Waals surface area (Å²) in [6.07, 6.45) is -7.52. The number of carboxylic acid groups (broad SMARTS) is 2. The fourth-order valence-electron chi connectivity index (χ4n) is 3.16. The molecule has 1 saturated heterocycles. The van der Waals surface area contributed by atoms with Gasteiger partial charge in [-0.15, -0.1) is 0 Å². The molecule has 6 nitrogen and oxygen atoms in total. The van der Waals surface area contributed by atoms with Gasteiger partial charge in [-0.2, -0.15) is 26.3 Å². The van der Waals surface area contributed by atoms with E-state index in [9.17, 15) is 26.3 Å². The van der Waals surface area contributed by atoms with Gasteiger partial charge in [-0.05, 0) is 24.3 Å². The van der Waals surface area contributed by atoms with Gasteiger partial charge in [-0.25, -0.2) is 9.59 Å². The van der Waals surface area contributed by atoms with Crippen LogP contribution in [-0.4, -0.2) is 58.0 Å². The molecule has 29 heavy (non-hydrogen) atoms. The van der Waals surface area contributed by atoms with Crippen molar-refractivity contribution in [3.05, 3.63) is 35.9 Å². The van der Waals surface area contributed by atoms with Crippen LogP contribution in [-0.2, 0) is 16.1 Å². The molecule has 0 spiro atoms. The second-order valence-electron chi connectivity index (χ2n) is 6.50. The molecule has 2 bridgehead atoms. The highest BCUT2D eigenvalue weighted by molar-refractivity contribution is 5.73. The molecule has 1 heterocycles. The number of likely N-dealkylation sites (tertiary alicyclic amines) is 1. The van der Waals surface area contributed by atoms with Crippen molar-refractivity contribution in [1.82, 2.24) is 4.90 Å². The van der Waals surface area contributed by atoms with Crippen molar-refractivity contribution in [2.75, 3.05) is 6.54 Å². The second-order valence-corrected chi connectivity index (χ2v) is 6.50. The quantitative estimate of drug-likeness (QED) is 0.624. The first-order chi connectivity index (χ1) is 13.2. The van der Waals surface area contributed by atoms with Crippen molar-refractivity contribution in [2.45, 2.75) is 43.8 Å². The molecule has 2 fully saturated rings. The van der Waals surface area contributed by atoms with Gasteiger partial charge >= 0.3 is 24.3 Å². The smallest absolute Gasteiger partial charge is 0.475 e. The molecule has 2 aliphatic rings. The van der Waals surface area contributed by atoms with Crippen LogP contribution in [0.15, 0.2) is 30.3 Å². The second kappa shape index (κ2) is 9.92. The maximum absolute atomic E-state index is 10.6. The standard InChI is InChI=1S/C13H18N2.2C2HF3O2/c14-13-11-6-7-12(13)15(9-11)8-10-4-2-1-3-5-10;2*3-2(4,5)1(6)7/h1-5,11-13H,6-9,14H2;2*(H,6,7)/t11-,12-,13+;;/m0../s1. The Morgan fingerprint density at radius 2 is 1.41 bits per heavy atom. The highest BCUT2D eigenvalue weighted by Crippen LogP contribution is 2.37. The van der Waals surface area contributed by atoms with Crippen molar-refractivity contribution in [2.24, 2.45) is 11.7 Å². The molecule has 3 rings (SSSR count). The number of fused-ring (bicyclic) bond motifs is 2. The van der Waals surface area contributed by atoms with E-state index in [2.05, 4.69) is 35.2 Å². The van der Waals surface area contributed by atoms with Gasteiger partial charge in [0.05, 0.1) is 0 Å². The zero-order valence-corrected chi connectivity index (χ0v) is 15.0. The molecule has 164 valence electrons. The van der Waals surface area contributed by atoms with Gasteiger partial charge in [0.2, 0.25) is 0 Å². The van der Waals surface area contributed by atoms with Gasteiger partial charge in [0.15, 0.2) is 0 Å². The van der Waals surface area contributed by atoms with Crippen molar-refractivity contribution >= 4 is 11.9 Å². The molecule has 3 atom stereocenters. The van der Waals surface area contributed by atoms with Crippen LogP contribution in [0.4, 0.5) is 26.3 Å². The maximum Gasteiger partial charge on any atom is 0.490 e. The number of carbonyl (C=O) groups is 2. The summed E-state index contributed by atoms with van der Waals surface area (Å²) in [6.45, 7) is 2.29. The number of hydrogen-bond donors (Lipinski definition) is 3. The van der Waals surface area contributed by atoms with Gasteiger partial charge in [-0.3, -0.25) is 4.90 Å². The third-order valence-electron chi connectivity index (χ3n) is 4.47. The van der Waals surface area contributed by atoms with E-state index in [1.54, 1.807) is 0 Å². The Hall–Kier alpha value is -2.34. The average molecular weight is 430 g/mol. The van der Waals surface area contributed by atoms with E-state index in [-0.39, 0.29) is 0 Å². The van der Waals surface area contributed by atoms with Crippen LogP contribution in [0.2, 0.25) is 0 Å². The Morgan fingerprint density at radius 1 is 0.966 bits per heavy atom. The summed E-state index contributed by atoms with van der Waals surface area (Å²) in [5.74, 6) is -4.75. The monoisotopic (exact) mass is 430 g/mol. The number of alkyl halides is 6. The zero-order chi connectivity index (χ0) is 22.4. The fraction of sp³-hybridized carbons (Fsp3) is 0.529. The number of benzene rings is 1. The van der Waals surface area contributed by atoms with E-state index >= 15 is 0 Å². The van der Waals surface area contributed by atoms with E-state index in [4.69, 9.17) is 25.5 Å². The first kappa shape index (κ1) is 24.7. The van der Waals surface area contributed by atoms with Crippen LogP contribution in [0.3, 0.4) is 0 Å². The van der Waals surface area contributed by atoms with Crippen LogP contribution in [0.1, 0.15) is 18.4 Å². The van der Waals surface area contributed by atoms with E-state index in [0.717, 1.165) is 12.5 Å². The molecule has 0 amide bonds. The Labute approximate surface area is 161 Å². The van der Waals surface area contributed by atoms with Crippen LogP contribution in [0, 0.1) is 5.92 Å². The molecule has 12 heteroatoms. The third kappa shape index (κ3) is 7.89. The van der Waals surface area contributed by atoms with Crippen LogP contribution in [0.5, 0.6) is 0 Å². The fourth-order valence-corrected chi connectivity index (χ4v) is 3.16. The largest absolute Gasteiger partial charge is 0.490 e. The Balaban J connectivity index is 0.000000255. The summed E-state index contributed by atoms with van der Waals surface area (Å²) in [5, 5.41) is 14.2. The number of halogens is 6. The van der Waals surface area contributed by atoms with Crippen molar-refractivity contribution in [3.63, 3.8) is 0 Å². The number of piperidine rings is 1. The lowest BCUT2D eigenvalue weighted by atomic mass is 10.1. The lowest BCUT2D eigenvalue weighted by Gasteiger charge is -2.26. The normalized spacial score (nSPS) is 23.5. The summed E-state index contributed by atoms with van der Waals surface area (Å²) in [7, 11) is 0. The zero-order valence-electron chi connectivity index (χ0n) is 15.0. The lowest BCUT2D eigenvalue weighted by Crippen LogP contribution is -2.37. The summed E-state index contributed by atoms with van der Waals surface area (Å²) in [6, 6.07) is 11.8. The highest BCUT2D eigenvalue weighted by Gasteiger charge is 2.44. The molecule has 1 aromatic carbocycles. The number of carboxylic acids is 2. The van der Waals surface area contributed by atoms with E-state index < -0.39 is 24.3 Å². The van der Waals surface area contributed by atoms with Gasteiger partial charge in [0.1, 0.15) is 0 Å². The van der Waals surface area contributed by atoms with E-state index in [1.165, 1.54) is 24.9 Å². The Morgan fingerprint density at radius 3 is 1.72 bits per heavy atom. The topological polar surface area (TPSA) is 104 Å². The number of nitrogens with two attached hydrogens (primary N) is 1. The summed E-state index contributed by atoms with van der Waals surface area (Å²) >= 11 is 0. The lowest BCUT2D eigenvalue weighted by molar-refractivity contribution is -0.193. The van der Waals surface area contributed by atoms with Crippen LogP contribution < -0.4 is 5.73 Å². The molecular weight excluding hydrogens is 410 g/mol. The number of rotatable bonds is 2. The SMILES string of the molecule is N[C@@H]1[C@H]2CC[C@@H]1N(Cc1ccccc1)C2.O=C(O)C(F)(F)F.O=C(O)C(F)(F)F. The minimum Gasteiger partial charge on any atom is -0.475 e. The molecule has 0 aromatic heterocycles. The predicted octanol–water partition coefficient (Wildman–Crippen LogP) is 2.87. The molecule has 4 N–H and O–H groups in total. The molecule has 0 unspecified atom stereocenters. The highest BCUT2D eigenvalue weighted by atomic mass is 19.4. The molecule has 0 radical (unpaired) electrons. The number of nitrogens with zero attached hydrogens (tertiary/aromatic N) is 1. The minimum absolute atomic E-state index is 0.439. The maximum atomic E-state index is 10.6. The summed E-state index contributed by atoms with van der Waals surface area (Å²) in [4.78, 5) is 20.4. The molecule has 1 aliphatic heterocycles. The first-order valence-corrected chi connectivity index (χ1v) is 8.37. The molecule has 1 aromatic rings. The van der Waals surface area contributed by atoms with Gasteiger partial charge < -0.3 is 15.9 Å². The van der Waals surface area contributed by atoms with E-state index in [0.29, 0.717) is 12.1 Å². The van der Waals surface area contributed by atoms with E-state index in [1.807, 2.05) is 0 Å². The van der Waals surface area contributed by atoms with Crippen molar-refractivity contribution in [1.29, 1.82) is 0 Å².